The Hall–Kier alpha value is -2.70. The lowest BCUT2D eigenvalue weighted by Crippen LogP contribution is -2.47. The van der Waals surface area contributed by atoms with Crippen LogP contribution in [-0.2, 0) is 0 Å². The van der Waals surface area contributed by atoms with Crippen molar-refractivity contribution in [3.8, 4) is 0 Å². The van der Waals surface area contributed by atoms with Crippen molar-refractivity contribution in [2.45, 2.75) is 38.6 Å². The fourth-order valence-corrected chi connectivity index (χ4v) is 3.63. The molecule has 0 aromatic carbocycles. The minimum Gasteiger partial charge on any atom is -0.336 e. The van der Waals surface area contributed by atoms with E-state index in [1.165, 1.54) is 0 Å². The van der Waals surface area contributed by atoms with Gasteiger partial charge < -0.3 is 10.2 Å². The highest BCUT2D eigenvalue weighted by Crippen LogP contribution is 2.33. The zero-order chi connectivity index (χ0) is 17.4. The molecule has 0 radical (unpaired) electrons. The Morgan fingerprint density at radius 2 is 2.24 bits per heavy atom. The second-order valence-corrected chi connectivity index (χ2v) is 6.94. The van der Waals surface area contributed by atoms with Crippen LogP contribution in [0.5, 0.6) is 0 Å². The molecule has 1 atom stereocenters. The molecule has 3 aromatic heterocycles. The first-order valence-electron chi connectivity index (χ1n) is 8.75. The summed E-state index contributed by atoms with van der Waals surface area (Å²) in [4.78, 5) is 23.0. The third-order valence-corrected chi connectivity index (χ3v) is 4.75. The summed E-state index contributed by atoms with van der Waals surface area (Å²) in [7, 11) is 0. The number of pyridine rings is 1. The molecule has 3 aromatic rings. The lowest BCUT2D eigenvalue weighted by Gasteiger charge is -2.33. The van der Waals surface area contributed by atoms with Crippen LogP contribution >= 0.6 is 0 Å². The first-order valence-corrected chi connectivity index (χ1v) is 8.75. The number of H-pyrrole nitrogens is 1. The summed E-state index contributed by atoms with van der Waals surface area (Å²) >= 11 is 0. The topological polar surface area (TPSA) is 86.8 Å². The number of likely N-dealkylation sites (tertiary alicyclic amines) is 1. The number of hydrogen-bond acceptors (Lipinski definition) is 4. The third kappa shape index (κ3) is 2.90. The van der Waals surface area contributed by atoms with Gasteiger partial charge in [0.25, 0.3) is 0 Å². The molecule has 1 saturated heterocycles. The summed E-state index contributed by atoms with van der Waals surface area (Å²) in [5.41, 5.74) is 1.82. The van der Waals surface area contributed by atoms with Crippen LogP contribution in [0.4, 0.5) is 4.79 Å². The van der Waals surface area contributed by atoms with E-state index < -0.39 is 0 Å². The van der Waals surface area contributed by atoms with Crippen LogP contribution in [0.1, 0.15) is 38.3 Å². The molecular weight excluding hydrogens is 316 g/mol. The molecule has 1 fully saturated rings. The van der Waals surface area contributed by atoms with Crippen molar-refractivity contribution in [1.29, 1.82) is 0 Å². The molecule has 4 rings (SSSR count). The predicted molar refractivity (Wildman–Crippen MR) is 96.4 cm³/mol. The fraction of sp³-hybridized carbons (Fsp3) is 0.444. The standard InChI is InChI=1S/C18H22N6O/c1-11(2)22-18(25)24-7-3-4-12(10-24)16-15-13(9-21-23-16)8-20-17-14(15)5-6-19-17/h5-6,8-9,11-12,23H,3-4,7,10H2,1-2H3,(H,22,25). The van der Waals surface area contributed by atoms with Crippen molar-refractivity contribution in [2.75, 3.05) is 13.1 Å². The largest absolute Gasteiger partial charge is 0.336 e. The van der Waals surface area contributed by atoms with Gasteiger partial charge >= 0.3 is 6.03 Å². The molecule has 25 heavy (non-hydrogen) atoms. The van der Waals surface area contributed by atoms with Crippen LogP contribution in [0, 0.1) is 0 Å². The Morgan fingerprint density at radius 3 is 3.08 bits per heavy atom. The zero-order valence-corrected chi connectivity index (χ0v) is 14.5. The molecule has 2 N–H and O–H groups in total. The fourth-order valence-electron chi connectivity index (χ4n) is 3.63. The Labute approximate surface area is 145 Å². The minimum absolute atomic E-state index is 0.00897. The first kappa shape index (κ1) is 15.8. The van der Waals surface area contributed by atoms with E-state index in [0.717, 1.165) is 46.9 Å². The smallest absolute Gasteiger partial charge is 0.317 e. The Kier molecular flexibility index (Phi) is 3.99. The average molecular weight is 338 g/mol. The Balaban J connectivity index is 1.71. The third-order valence-electron chi connectivity index (χ3n) is 4.75. The number of carbonyl (C=O) groups is 1. The summed E-state index contributed by atoms with van der Waals surface area (Å²) in [6.07, 6.45) is 7.41. The van der Waals surface area contributed by atoms with E-state index in [-0.39, 0.29) is 18.0 Å². The average Bonchev–Trinajstić information content (AvgIpc) is 3.09. The number of fused-ring (bicyclic) bond motifs is 3. The van der Waals surface area contributed by atoms with E-state index in [0.29, 0.717) is 6.54 Å². The van der Waals surface area contributed by atoms with E-state index in [1.807, 2.05) is 31.0 Å². The first-order chi connectivity index (χ1) is 12.1. The van der Waals surface area contributed by atoms with Crippen LogP contribution in [0.15, 0.2) is 24.7 Å². The van der Waals surface area contributed by atoms with E-state index in [9.17, 15) is 4.79 Å². The second-order valence-electron chi connectivity index (χ2n) is 6.94. The van der Waals surface area contributed by atoms with Gasteiger partial charge in [-0.05, 0) is 32.8 Å². The number of urea groups is 1. The molecule has 7 heteroatoms. The van der Waals surface area contributed by atoms with E-state index >= 15 is 0 Å². The maximum atomic E-state index is 12.4. The molecule has 2 amide bonds. The molecule has 0 bridgehead atoms. The molecule has 4 heterocycles. The van der Waals surface area contributed by atoms with Gasteiger partial charge in [-0.3, -0.25) is 5.10 Å². The lowest BCUT2D eigenvalue weighted by molar-refractivity contribution is 0.177. The lowest BCUT2D eigenvalue weighted by atomic mass is 9.91. The van der Waals surface area contributed by atoms with E-state index in [4.69, 9.17) is 0 Å². The summed E-state index contributed by atoms with van der Waals surface area (Å²) in [6.45, 7) is 5.44. The van der Waals surface area contributed by atoms with Crippen molar-refractivity contribution in [2.24, 2.45) is 0 Å². The maximum Gasteiger partial charge on any atom is 0.317 e. The van der Waals surface area contributed by atoms with Gasteiger partial charge in [-0.1, -0.05) is 0 Å². The van der Waals surface area contributed by atoms with E-state index in [2.05, 4.69) is 25.5 Å². The molecule has 1 aliphatic heterocycles. The molecule has 7 nitrogen and oxygen atoms in total. The number of aromatic amines is 1. The number of carbonyl (C=O) groups excluding carboxylic acids is 1. The van der Waals surface area contributed by atoms with Crippen molar-refractivity contribution < 1.29 is 4.79 Å². The van der Waals surface area contributed by atoms with Crippen LogP contribution in [0.25, 0.3) is 21.8 Å². The van der Waals surface area contributed by atoms with E-state index in [1.54, 1.807) is 12.4 Å². The second kappa shape index (κ2) is 6.31. The van der Waals surface area contributed by atoms with Crippen molar-refractivity contribution >= 4 is 27.8 Å². The van der Waals surface area contributed by atoms with Gasteiger partial charge in [-0.2, -0.15) is 5.10 Å². The summed E-state index contributed by atoms with van der Waals surface area (Å²) < 4.78 is 0. The van der Waals surface area contributed by atoms with Gasteiger partial charge in [-0.25, -0.2) is 14.8 Å². The quantitative estimate of drug-likeness (QED) is 0.752. The van der Waals surface area contributed by atoms with Crippen molar-refractivity contribution in [1.82, 2.24) is 30.4 Å². The predicted octanol–water partition coefficient (Wildman–Crippen LogP) is 2.80. The Bertz CT molecular complexity index is 918. The number of nitrogens with zero attached hydrogens (tertiary/aromatic N) is 4. The van der Waals surface area contributed by atoms with Crippen LogP contribution in [-0.4, -0.2) is 50.2 Å². The zero-order valence-electron chi connectivity index (χ0n) is 14.5. The van der Waals surface area contributed by atoms with Gasteiger partial charge in [-0.15, -0.1) is 0 Å². The van der Waals surface area contributed by atoms with Crippen LogP contribution in [0.2, 0.25) is 0 Å². The van der Waals surface area contributed by atoms with Crippen LogP contribution in [0.3, 0.4) is 0 Å². The normalized spacial score (nSPS) is 18.2. The number of amides is 2. The highest BCUT2D eigenvalue weighted by atomic mass is 16.2. The maximum absolute atomic E-state index is 12.4. The van der Waals surface area contributed by atoms with Crippen molar-refractivity contribution in [3.63, 3.8) is 0 Å². The van der Waals surface area contributed by atoms with Crippen LogP contribution < -0.4 is 5.32 Å². The number of rotatable bonds is 2. The monoisotopic (exact) mass is 338 g/mol. The number of hydrogen-bond donors (Lipinski definition) is 2. The Morgan fingerprint density at radius 1 is 1.36 bits per heavy atom. The highest BCUT2D eigenvalue weighted by Gasteiger charge is 2.27. The number of nitrogens with one attached hydrogen (secondary N) is 2. The van der Waals surface area contributed by atoms with Gasteiger partial charge in [0.15, 0.2) is 5.65 Å². The highest BCUT2D eigenvalue weighted by molar-refractivity contribution is 6.05. The van der Waals surface area contributed by atoms with Gasteiger partial charge in [0, 0.05) is 59.3 Å². The number of aromatic nitrogens is 4. The molecule has 0 aliphatic carbocycles. The van der Waals surface area contributed by atoms with Gasteiger partial charge in [0.2, 0.25) is 0 Å². The summed E-state index contributed by atoms with van der Waals surface area (Å²) in [5, 5.41) is 13.6. The molecular formula is C18H22N6O. The molecule has 0 spiro atoms. The molecule has 1 aliphatic rings. The van der Waals surface area contributed by atoms with Crippen molar-refractivity contribution in [3.05, 3.63) is 30.4 Å². The minimum atomic E-state index is 0.00897. The summed E-state index contributed by atoms with van der Waals surface area (Å²) in [6, 6.07) is 2.14. The van der Waals surface area contributed by atoms with Gasteiger partial charge in [0.05, 0.1) is 6.20 Å². The number of piperidine rings is 1. The molecule has 130 valence electrons. The SMILES string of the molecule is CC(C)NC(=O)N1CCCC(c2[nH]ncc3cnc4nccc4c23)C1. The van der Waals surface area contributed by atoms with Gasteiger partial charge in [0.1, 0.15) is 0 Å². The summed E-state index contributed by atoms with van der Waals surface area (Å²) in [5.74, 6) is 0.225. The molecule has 1 unspecified atom stereocenters. The molecule has 0 saturated carbocycles.